The number of rotatable bonds is 9. The molecule has 0 aromatic heterocycles. The maximum absolute atomic E-state index is 13.6. The molecule has 2 aliphatic rings. The Bertz CT molecular complexity index is 932. The van der Waals surface area contributed by atoms with Crippen molar-refractivity contribution in [2.75, 3.05) is 13.1 Å². The van der Waals surface area contributed by atoms with Crippen LogP contribution in [0.25, 0.3) is 0 Å². The number of carbonyl (C=O) groups is 4. The van der Waals surface area contributed by atoms with Crippen molar-refractivity contribution in [3.8, 4) is 0 Å². The molecule has 1 aromatic carbocycles. The van der Waals surface area contributed by atoms with Gasteiger partial charge >= 0.3 is 0 Å². The Kier molecular flexibility index (Phi) is 10.1. The van der Waals surface area contributed by atoms with Gasteiger partial charge in [0.2, 0.25) is 17.7 Å². The number of hydroxylamine groups is 1. The second-order valence-electron chi connectivity index (χ2n) is 11.6. The van der Waals surface area contributed by atoms with Gasteiger partial charge in [-0.25, -0.2) is 5.48 Å². The number of carbonyl (C=O) groups excluding carboxylic acids is 4. The molecule has 4 amide bonds. The number of amides is 4. The van der Waals surface area contributed by atoms with Gasteiger partial charge in [0.1, 0.15) is 6.04 Å². The monoisotopic (exact) mass is 514 g/mol. The molecule has 1 heterocycles. The molecule has 0 radical (unpaired) electrons. The Hall–Kier alpha value is -2.94. The van der Waals surface area contributed by atoms with Crippen LogP contribution in [0.5, 0.6) is 0 Å². The van der Waals surface area contributed by atoms with E-state index in [1.807, 2.05) is 39.0 Å². The van der Waals surface area contributed by atoms with Gasteiger partial charge in [0.05, 0.1) is 0 Å². The van der Waals surface area contributed by atoms with Crippen molar-refractivity contribution in [1.29, 1.82) is 0 Å². The number of piperidine rings is 1. The van der Waals surface area contributed by atoms with Crippen LogP contribution in [0.4, 0.5) is 0 Å². The van der Waals surface area contributed by atoms with E-state index in [1.54, 1.807) is 22.5 Å². The number of hydrogen-bond donors (Lipinski definition) is 4. The number of nitrogens with one attached hydrogen (secondary N) is 3. The van der Waals surface area contributed by atoms with Crippen LogP contribution in [-0.4, -0.2) is 58.9 Å². The van der Waals surface area contributed by atoms with E-state index in [2.05, 4.69) is 10.6 Å². The second kappa shape index (κ2) is 13.0. The summed E-state index contributed by atoms with van der Waals surface area (Å²) in [5, 5.41) is 15.0. The maximum Gasteiger partial charge on any atom is 0.251 e. The number of likely N-dealkylation sites (tertiary alicyclic amines) is 1. The van der Waals surface area contributed by atoms with Gasteiger partial charge in [-0.05, 0) is 42.7 Å². The Balaban J connectivity index is 1.60. The van der Waals surface area contributed by atoms with E-state index in [9.17, 15) is 19.2 Å². The molecule has 3 rings (SSSR count). The van der Waals surface area contributed by atoms with E-state index in [1.165, 1.54) is 0 Å². The van der Waals surface area contributed by atoms with E-state index in [0.29, 0.717) is 43.8 Å². The predicted octanol–water partition coefficient (Wildman–Crippen LogP) is 3.03. The largest absolute Gasteiger partial charge is 0.349 e. The Morgan fingerprint density at radius 3 is 2.19 bits per heavy atom. The lowest BCUT2D eigenvalue weighted by Gasteiger charge is -2.39. The minimum Gasteiger partial charge on any atom is -0.349 e. The summed E-state index contributed by atoms with van der Waals surface area (Å²) in [5.41, 5.74) is 1.71. The zero-order valence-electron chi connectivity index (χ0n) is 22.3. The summed E-state index contributed by atoms with van der Waals surface area (Å²) in [4.78, 5) is 53.1. The molecular formula is C28H42N4O5. The van der Waals surface area contributed by atoms with Crippen molar-refractivity contribution >= 4 is 23.6 Å². The molecule has 2 fully saturated rings. The summed E-state index contributed by atoms with van der Waals surface area (Å²) >= 11 is 0. The van der Waals surface area contributed by atoms with E-state index < -0.39 is 23.3 Å². The number of nitrogens with zero attached hydrogens (tertiary/aromatic N) is 1. The molecule has 1 saturated heterocycles. The van der Waals surface area contributed by atoms with Crippen LogP contribution < -0.4 is 16.1 Å². The van der Waals surface area contributed by atoms with E-state index in [4.69, 9.17) is 5.21 Å². The number of benzene rings is 1. The van der Waals surface area contributed by atoms with Gasteiger partial charge in [-0.1, -0.05) is 64.7 Å². The molecule has 1 saturated carbocycles. The fraction of sp³-hybridized carbons (Fsp3) is 0.643. The van der Waals surface area contributed by atoms with Crippen molar-refractivity contribution in [1.82, 2.24) is 21.0 Å². The van der Waals surface area contributed by atoms with E-state index >= 15 is 0 Å². The van der Waals surface area contributed by atoms with Crippen LogP contribution in [-0.2, 0) is 14.4 Å². The minimum absolute atomic E-state index is 0.0211. The van der Waals surface area contributed by atoms with E-state index in [-0.39, 0.29) is 30.2 Å². The first kappa shape index (κ1) is 28.6. The molecule has 204 valence electrons. The molecule has 1 aliphatic carbocycles. The molecule has 0 bridgehead atoms. The number of hydrogen-bond acceptors (Lipinski definition) is 5. The average Bonchev–Trinajstić information content (AvgIpc) is 3.39. The van der Waals surface area contributed by atoms with Crippen molar-refractivity contribution < 1.29 is 24.4 Å². The molecule has 1 aromatic rings. The SMILES string of the molecule is CC(C)(C)[C@H](NC(=O)C(CC(=O)NO)CC1CCCC1)C(=O)N1CCC(NC(=O)c2ccccc2)CC1. The van der Waals surface area contributed by atoms with Crippen LogP contribution in [0.15, 0.2) is 30.3 Å². The highest BCUT2D eigenvalue weighted by molar-refractivity contribution is 5.94. The summed E-state index contributed by atoms with van der Waals surface area (Å²) in [7, 11) is 0. The summed E-state index contributed by atoms with van der Waals surface area (Å²) in [6, 6.07) is 8.29. The minimum atomic E-state index is -0.751. The third-order valence-corrected chi connectivity index (χ3v) is 7.60. The molecule has 1 aliphatic heterocycles. The molecule has 2 atom stereocenters. The lowest BCUT2D eigenvalue weighted by molar-refractivity contribution is -0.142. The standard InChI is InChI=1S/C28H42N4O5/c1-28(2,3)24(30-26(35)21(18-23(33)31-37)17-19-9-7-8-10-19)27(36)32-15-13-22(14-16-32)29-25(34)20-11-5-4-6-12-20/h4-6,11-12,19,21-22,24,37H,7-10,13-18H2,1-3H3,(H,29,34)(H,30,35)(H,31,33)/t21?,24-/m1/s1. The van der Waals surface area contributed by atoms with Crippen molar-refractivity contribution in [3.63, 3.8) is 0 Å². The fourth-order valence-corrected chi connectivity index (χ4v) is 5.39. The third kappa shape index (κ3) is 8.28. The molecule has 37 heavy (non-hydrogen) atoms. The smallest absolute Gasteiger partial charge is 0.251 e. The van der Waals surface area contributed by atoms with Crippen LogP contribution in [0.2, 0.25) is 0 Å². The molecule has 4 N–H and O–H groups in total. The highest BCUT2D eigenvalue weighted by Crippen LogP contribution is 2.32. The maximum atomic E-state index is 13.6. The first-order chi connectivity index (χ1) is 17.6. The zero-order chi connectivity index (χ0) is 27.0. The lowest BCUT2D eigenvalue weighted by Crippen LogP contribution is -2.58. The van der Waals surface area contributed by atoms with Crippen LogP contribution in [0.1, 0.15) is 82.5 Å². The Morgan fingerprint density at radius 1 is 1.00 bits per heavy atom. The lowest BCUT2D eigenvalue weighted by atomic mass is 9.84. The van der Waals surface area contributed by atoms with Crippen LogP contribution in [0, 0.1) is 17.3 Å². The van der Waals surface area contributed by atoms with Crippen LogP contribution >= 0.6 is 0 Å². The second-order valence-corrected chi connectivity index (χ2v) is 11.6. The van der Waals surface area contributed by atoms with Gasteiger partial charge in [0.15, 0.2) is 0 Å². The van der Waals surface area contributed by atoms with Gasteiger partial charge in [-0.2, -0.15) is 0 Å². The van der Waals surface area contributed by atoms with E-state index in [0.717, 1.165) is 25.7 Å². The first-order valence-electron chi connectivity index (χ1n) is 13.5. The average molecular weight is 515 g/mol. The predicted molar refractivity (Wildman–Crippen MR) is 140 cm³/mol. The third-order valence-electron chi connectivity index (χ3n) is 7.60. The molecule has 9 nitrogen and oxygen atoms in total. The normalized spacial score (nSPS) is 18.6. The topological polar surface area (TPSA) is 128 Å². The highest BCUT2D eigenvalue weighted by Gasteiger charge is 2.39. The molecular weight excluding hydrogens is 472 g/mol. The van der Waals surface area contributed by atoms with Crippen LogP contribution in [0.3, 0.4) is 0 Å². The van der Waals surface area contributed by atoms with Crippen molar-refractivity contribution in [2.45, 2.75) is 84.2 Å². The van der Waals surface area contributed by atoms with Gasteiger partial charge in [-0.15, -0.1) is 0 Å². The van der Waals surface area contributed by atoms with Gasteiger partial charge in [0.25, 0.3) is 5.91 Å². The van der Waals surface area contributed by atoms with Gasteiger partial charge < -0.3 is 15.5 Å². The first-order valence-corrected chi connectivity index (χ1v) is 13.5. The Labute approximate surface area is 219 Å². The van der Waals surface area contributed by atoms with Gasteiger partial charge in [-0.3, -0.25) is 24.4 Å². The molecule has 9 heteroatoms. The molecule has 0 spiro atoms. The molecule has 1 unspecified atom stereocenters. The zero-order valence-corrected chi connectivity index (χ0v) is 22.3. The van der Waals surface area contributed by atoms with Crippen molar-refractivity contribution in [2.24, 2.45) is 17.3 Å². The summed E-state index contributed by atoms with van der Waals surface area (Å²) in [6.07, 6.45) is 6.02. The summed E-state index contributed by atoms with van der Waals surface area (Å²) in [5.74, 6) is -1.43. The Morgan fingerprint density at radius 2 is 1.62 bits per heavy atom. The van der Waals surface area contributed by atoms with Gasteiger partial charge in [0, 0.05) is 37.0 Å². The highest BCUT2D eigenvalue weighted by atomic mass is 16.5. The summed E-state index contributed by atoms with van der Waals surface area (Å²) in [6.45, 7) is 6.71. The van der Waals surface area contributed by atoms with Crippen molar-refractivity contribution in [3.05, 3.63) is 35.9 Å². The fourth-order valence-electron chi connectivity index (χ4n) is 5.39. The quantitative estimate of drug-likeness (QED) is 0.298. The summed E-state index contributed by atoms with van der Waals surface area (Å²) < 4.78 is 0.